The summed E-state index contributed by atoms with van der Waals surface area (Å²) in [6.07, 6.45) is 5.25. The summed E-state index contributed by atoms with van der Waals surface area (Å²) in [5.41, 5.74) is 0.598. The smallest absolute Gasteiger partial charge is 0.251 e. The number of halogens is 1. The summed E-state index contributed by atoms with van der Waals surface area (Å²) >= 11 is 5.92. The number of nitrogens with one attached hydrogen (secondary N) is 1. The average Bonchev–Trinajstić information content (AvgIpc) is 2.56. The molecule has 0 spiro atoms. The van der Waals surface area contributed by atoms with Crippen LogP contribution in [0.1, 0.15) is 23.2 Å². The van der Waals surface area contributed by atoms with E-state index in [1.165, 1.54) is 0 Å². The minimum Gasteiger partial charge on any atom is -0.349 e. The van der Waals surface area contributed by atoms with Crippen LogP contribution in [0.5, 0.6) is 0 Å². The van der Waals surface area contributed by atoms with Crippen molar-refractivity contribution >= 4 is 23.5 Å². The van der Waals surface area contributed by atoms with Crippen molar-refractivity contribution in [3.8, 4) is 0 Å². The van der Waals surface area contributed by atoms with Gasteiger partial charge in [-0.1, -0.05) is 17.7 Å². The molecule has 1 aromatic carbocycles. The zero-order chi connectivity index (χ0) is 15.4. The van der Waals surface area contributed by atoms with Gasteiger partial charge in [0.15, 0.2) is 0 Å². The summed E-state index contributed by atoms with van der Waals surface area (Å²) in [6, 6.07) is 8.98. The number of aromatic nitrogens is 2. The lowest BCUT2D eigenvalue weighted by molar-refractivity contribution is 0.0931. The van der Waals surface area contributed by atoms with E-state index >= 15 is 0 Å². The Morgan fingerprint density at radius 2 is 1.91 bits per heavy atom. The zero-order valence-electron chi connectivity index (χ0n) is 12.1. The third kappa shape index (κ3) is 3.54. The van der Waals surface area contributed by atoms with E-state index in [1.807, 2.05) is 6.07 Å². The van der Waals surface area contributed by atoms with Crippen LogP contribution in [0, 0.1) is 0 Å². The fraction of sp³-hybridized carbons (Fsp3) is 0.312. The normalized spacial score (nSPS) is 15.6. The largest absolute Gasteiger partial charge is 0.349 e. The van der Waals surface area contributed by atoms with Gasteiger partial charge in [-0.2, -0.15) is 0 Å². The summed E-state index contributed by atoms with van der Waals surface area (Å²) in [5, 5.41) is 3.64. The molecule has 1 aliphatic rings. The molecule has 2 aromatic rings. The molecule has 1 N–H and O–H groups in total. The van der Waals surface area contributed by atoms with Gasteiger partial charge >= 0.3 is 0 Å². The summed E-state index contributed by atoms with van der Waals surface area (Å²) in [6.45, 7) is 1.68. The third-order valence-corrected chi connectivity index (χ3v) is 3.99. The van der Waals surface area contributed by atoms with Gasteiger partial charge in [-0.25, -0.2) is 9.97 Å². The van der Waals surface area contributed by atoms with Crippen LogP contribution in [-0.2, 0) is 0 Å². The van der Waals surface area contributed by atoms with Crippen molar-refractivity contribution < 1.29 is 4.79 Å². The molecule has 1 amide bonds. The maximum atomic E-state index is 12.2. The molecule has 2 heterocycles. The van der Waals surface area contributed by atoms with Crippen molar-refractivity contribution in [3.63, 3.8) is 0 Å². The Labute approximate surface area is 134 Å². The first-order chi connectivity index (χ1) is 10.7. The molecule has 6 heteroatoms. The van der Waals surface area contributed by atoms with Gasteiger partial charge in [0, 0.05) is 42.1 Å². The lowest BCUT2D eigenvalue weighted by Crippen LogP contribution is -2.45. The number of benzene rings is 1. The molecule has 0 unspecified atom stereocenters. The fourth-order valence-corrected chi connectivity index (χ4v) is 2.77. The Morgan fingerprint density at radius 3 is 2.59 bits per heavy atom. The Morgan fingerprint density at radius 1 is 1.18 bits per heavy atom. The standard InChI is InChI=1S/C16H17ClN4O/c17-13-4-1-3-12(11-13)15(22)20-14-5-9-21(10-6-14)16-18-7-2-8-19-16/h1-4,7-8,11,14H,5-6,9-10H2,(H,20,22). The van der Waals surface area contributed by atoms with E-state index in [1.54, 1.807) is 36.7 Å². The first kappa shape index (κ1) is 14.8. The minimum atomic E-state index is -0.0723. The van der Waals surface area contributed by atoms with E-state index in [0.717, 1.165) is 31.9 Å². The van der Waals surface area contributed by atoms with Gasteiger partial charge in [0.1, 0.15) is 0 Å². The number of carbonyl (C=O) groups excluding carboxylic acids is 1. The van der Waals surface area contributed by atoms with E-state index in [0.29, 0.717) is 10.6 Å². The molecule has 5 nitrogen and oxygen atoms in total. The van der Waals surface area contributed by atoms with Gasteiger partial charge in [0.2, 0.25) is 5.95 Å². The highest BCUT2D eigenvalue weighted by Crippen LogP contribution is 2.16. The Kier molecular flexibility index (Phi) is 4.53. The quantitative estimate of drug-likeness (QED) is 0.945. The molecular formula is C16H17ClN4O. The number of amides is 1. The maximum Gasteiger partial charge on any atom is 0.251 e. The monoisotopic (exact) mass is 316 g/mol. The van der Waals surface area contributed by atoms with E-state index in [2.05, 4.69) is 20.2 Å². The van der Waals surface area contributed by atoms with Crippen LogP contribution >= 0.6 is 11.6 Å². The summed E-state index contributed by atoms with van der Waals surface area (Å²) in [7, 11) is 0. The van der Waals surface area contributed by atoms with Crippen LogP contribution in [0.4, 0.5) is 5.95 Å². The molecule has 1 aromatic heterocycles. The Bertz CT molecular complexity index is 642. The predicted molar refractivity (Wildman–Crippen MR) is 86.2 cm³/mol. The van der Waals surface area contributed by atoms with Crippen LogP contribution in [0.2, 0.25) is 5.02 Å². The number of rotatable bonds is 3. The second-order valence-electron chi connectivity index (χ2n) is 5.29. The number of hydrogen-bond acceptors (Lipinski definition) is 4. The third-order valence-electron chi connectivity index (χ3n) is 3.75. The summed E-state index contributed by atoms with van der Waals surface area (Å²) in [4.78, 5) is 22.9. The molecule has 1 saturated heterocycles. The van der Waals surface area contributed by atoms with Gasteiger partial charge in [-0.15, -0.1) is 0 Å². The first-order valence-electron chi connectivity index (χ1n) is 7.31. The Hall–Kier alpha value is -2.14. The SMILES string of the molecule is O=C(NC1CCN(c2ncccn2)CC1)c1cccc(Cl)c1. The lowest BCUT2D eigenvalue weighted by Gasteiger charge is -2.32. The van der Waals surface area contributed by atoms with E-state index in [9.17, 15) is 4.79 Å². The molecule has 0 bridgehead atoms. The van der Waals surface area contributed by atoms with E-state index in [-0.39, 0.29) is 11.9 Å². The molecule has 0 radical (unpaired) electrons. The van der Waals surface area contributed by atoms with Crippen molar-refractivity contribution in [1.29, 1.82) is 0 Å². The van der Waals surface area contributed by atoms with Gasteiger partial charge in [0.05, 0.1) is 0 Å². The topological polar surface area (TPSA) is 58.1 Å². The van der Waals surface area contributed by atoms with Crippen LogP contribution in [0.25, 0.3) is 0 Å². The summed E-state index contributed by atoms with van der Waals surface area (Å²) in [5.74, 6) is 0.680. The Balaban J connectivity index is 1.55. The van der Waals surface area contributed by atoms with Gasteiger partial charge in [-0.3, -0.25) is 4.79 Å². The van der Waals surface area contributed by atoms with Crippen molar-refractivity contribution in [3.05, 3.63) is 53.3 Å². The lowest BCUT2D eigenvalue weighted by atomic mass is 10.0. The zero-order valence-corrected chi connectivity index (χ0v) is 12.8. The number of carbonyl (C=O) groups is 1. The van der Waals surface area contributed by atoms with Gasteiger partial charge < -0.3 is 10.2 Å². The molecule has 3 rings (SSSR count). The molecule has 1 aliphatic heterocycles. The van der Waals surface area contributed by atoms with Crippen LogP contribution in [0.15, 0.2) is 42.7 Å². The van der Waals surface area contributed by atoms with Gasteiger partial charge in [-0.05, 0) is 37.1 Å². The highest BCUT2D eigenvalue weighted by molar-refractivity contribution is 6.30. The van der Waals surface area contributed by atoms with E-state index in [4.69, 9.17) is 11.6 Å². The maximum absolute atomic E-state index is 12.2. The highest BCUT2D eigenvalue weighted by Gasteiger charge is 2.22. The highest BCUT2D eigenvalue weighted by atomic mass is 35.5. The molecule has 1 fully saturated rings. The van der Waals surface area contributed by atoms with Crippen molar-refractivity contribution in [2.75, 3.05) is 18.0 Å². The molecule has 22 heavy (non-hydrogen) atoms. The summed E-state index contributed by atoms with van der Waals surface area (Å²) < 4.78 is 0. The second kappa shape index (κ2) is 6.75. The van der Waals surface area contributed by atoms with E-state index < -0.39 is 0 Å². The van der Waals surface area contributed by atoms with Crippen LogP contribution < -0.4 is 10.2 Å². The predicted octanol–water partition coefficient (Wildman–Crippen LogP) is 2.53. The van der Waals surface area contributed by atoms with Crippen molar-refractivity contribution in [2.24, 2.45) is 0 Å². The average molecular weight is 317 g/mol. The minimum absolute atomic E-state index is 0.0723. The molecule has 0 atom stereocenters. The molecule has 0 aliphatic carbocycles. The fourth-order valence-electron chi connectivity index (χ4n) is 2.58. The molecule has 114 valence electrons. The number of piperidine rings is 1. The van der Waals surface area contributed by atoms with Crippen molar-refractivity contribution in [1.82, 2.24) is 15.3 Å². The molecule has 0 saturated carbocycles. The number of anilines is 1. The molecular weight excluding hydrogens is 300 g/mol. The van der Waals surface area contributed by atoms with Gasteiger partial charge in [0.25, 0.3) is 5.91 Å². The first-order valence-corrected chi connectivity index (χ1v) is 7.68. The second-order valence-corrected chi connectivity index (χ2v) is 5.73. The number of nitrogens with zero attached hydrogens (tertiary/aromatic N) is 3. The van der Waals surface area contributed by atoms with Crippen LogP contribution in [-0.4, -0.2) is 35.0 Å². The van der Waals surface area contributed by atoms with Crippen molar-refractivity contribution in [2.45, 2.75) is 18.9 Å². The number of hydrogen-bond donors (Lipinski definition) is 1. The van der Waals surface area contributed by atoms with Crippen LogP contribution in [0.3, 0.4) is 0 Å².